The summed E-state index contributed by atoms with van der Waals surface area (Å²) in [6.45, 7) is 9.50. The molecule has 0 saturated heterocycles. The summed E-state index contributed by atoms with van der Waals surface area (Å²) in [6.07, 6.45) is 11.8. The van der Waals surface area contributed by atoms with Crippen LogP contribution in [-0.4, -0.2) is 30.1 Å². The quantitative estimate of drug-likeness (QED) is 0.438. The first-order valence-corrected chi connectivity index (χ1v) is 8.62. The standard InChI is InChI=1S/C12H28P.H2O/c1-5-9-10-11-12-13(6-2,7-3)8-4;/h5-12H2,1-4H3;1H2/q+1;/p-1. The lowest BCUT2D eigenvalue weighted by molar-refractivity contribution is 0.703. The van der Waals surface area contributed by atoms with Crippen molar-refractivity contribution >= 4 is 7.26 Å². The summed E-state index contributed by atoms with van der Waals surface area (Å²) in [4.78, 5) is 0. The van der Waals surface area contributed by atoms with E-state index in [1.807, 2.05) is 0 Å². The minimum Gasteiger partial charge on any atom is -0.870 e. The smallest absolute Gasteiger partial charge is 0.0594 e. The molecule has 0 aliphatic heterocycles. The van der Waals surface area contributed by atoms with Crippen LogP contribution >= 0.6 is 7.26 Å². The van der Waals surface area contributed by atoms with Gasteiger partial charge >= 0.3 is 0 Å². The van der Waals surface area contributed by atoms with Gasteiger partial charge in [-0.05, 0) is 33.6 Å². The largest absolute Gasteiger partial charge is 0.870 e. The van der Waals surface area contributed by atoms with Gasteiger partial charge in [-0.1, -0.05) is 19.8 Å². The predicted molar refractivity (Wildman–Crippen MR) is 69.5 cm³/mol. The van der Waals surface area contributed by atoms with E-state index in [2.05, 4.69) is 27.7 Å². The second kappa shape index (κ2) is 9.93. The molecule has 0 aliphatic rings. The van der Waals surface area contributed by atoms with Crippen LogP contribution in [0.1, 0.15) is 53.4 Å². The Balaban J connectivity index is 0. The molecule has 0 spiro atoms. The molecular formula is C12H29OP. The van der Waals surface area contributed by atoms with Crippen molar-refractivity contribution in [2.24, 2.45) is 0 Å². The molecule has 1 N–H and O–H groups in total. The molecule has 0 amide bonds. The highest BCUT2D eigenvalue weighted by Gasteiger charge is 2.29. The number of unbranched alkanes of at least 4 members (excludes halogenated alkanes) is 3. The predicted octanol–water partition coefficient (Wildman–Crippen LogP) is 4.47. The zero-order valence-corrected chi connectivity index (χ0v) is 11.4. The molecule has 0 aromatic carbocycles. The van der Waals surface area contributed by atoms with Crippen molar-refractivity contribution < 1.29 is 5.48 Å². The van der Waals surface area contributed by atoms with Gasteiger partial charge in [0.15, 0.2) is 0 Å². The van der Waals surface area contributed by atoms with E-state index in [4.69, 9.17) is 0 Å². The van der Waals surface area contributed by atoms with Crippen LogP contribution in [0.5, 0.6) is 0 Å². The monoisotopic (exact) mass is 220 g/mol. The average molecular weight is 220 g/mol. The fourth-order valence-corrected chi connectivity index (χ4v) is 5.20. The molecule has 1 nitrogen and oxygen atoms in total. The zero-order valence-electron chi connectivity index (χ0n) is 10.6. The first-order valence-electron chi connectivity index (χ1n) is 6.09. The maximum atomic E-state index is 2.40. The highest BCUT2D eigenvalue weighted by Crippen LogP contribution is 2.58. The van der Waals surface area contributed by atoms with Crippen LogP contribution in [0.3, 0.4) is 0 Å². The summed E-state index contributed by atoms with van der Waals surface area (Å²) in [5, 5.41) is 0. The topological polar surface area (TPSA) is 30.0 Å². The van der Waals surface area contributed by atoms with Crippen LogP contribution in [0, 0.1) is 0 Å². The summed E-state index contributed by atoms with van der Waals surface area (Å²) >= 11 is 0. The molecule has 0 bridgehead atoms. The van der Waals surface area contributed by atoms with Gasteiger partial charge < -0.3 is 5.48 Å². The SMILES string of the molecule is CCCCCC[P+](CC)(CC)CC.[OH-]. The number of rotatable bonds is 8. The van der Waals surface area contributed by atoms with Crippen molar-refractivity contribution in [1.29, 1.82) is 0 Å². The molecule has 0 radical (unpaired) electrons. The molecule has 0 saturated carbocycles. The summed E-state index contributed by atoms with van der Waals surface area (Å²) in [5.41, 5.74) is 0. The van der Waals surface area contributed by atoms with Gasteiger partial charge in [0.05, 0.1) is 24.6 Å². The van der Waals surface area contributed by atoms with E-state index in [-0.39, 0.29) is 5.48 Å². The molecule has 0 aromatic rings. The van der Waals surface area contributed by atoms with Crippen molar-refractivity contribution in [3.8, 4) is 0 Å². The lowest BCUT2D eigenvalue weighted by Gasteiger charge is -2.23. The molecule has 0 rings (SSSR count). The molecular weight excluding hydrogens is 191 g/mol. The Hall–Kier alpha value is 0.390. The lowest BCUT2D eigenvalue weighted by atomic mass is 10.2. The summed E-state index contributed by atoms with van der Waals surface area (Å²) in [5.74, 6) is 0. The maximum absolute atomic E-state index is 2.40. The van der Waals surface area contributed by atoms with Gasteiger partial charge in [0.1, 0.15) is 0 Å². The Labute approximate surface area is 91.3 Å². The molecule has 0 atom stereocenters. The molecule has 0 unspecified atom stereocenters. The average Bonchev–Trinajstić information content (AvgIpc) is 2.20. The molecule has 0 aromatic heterocycles. The second-order valence-corrected chi connectivity index (χ2v) is 9.10. The van der Waals surface area contributed by atoms with Crippen LogP contribution in [0.15, 0.2) is 0 Å². The van der Waals surface area contributed by atoms with E-state index in [1.54, 1.807) is 6.16 Å². The lowest BCUT2D eigenvalue weighted by Crippen LogP contribution is -2.07. The van der Waals surface area contributed by atoms with Crippen LogP contribution in [-0.2, 0) is 0 Å². The van der Waals surface area contributed by atoms with Gasteiger partial charge in [-0.3, -0.25) is 0 Å². The molecule has 88 valence electrons. The maximum Gasteiger partial charge on any atom is 0.0594 e. The second-order valence-electron chi connectivity index (χ2n) is 4.07. The summed E-state index contributed by atoms with van der Waals surface area (Å²) < 4.78 is 0. The zero-order chi connectivity index (χ0) is 10.2. The van der Waals surface area contributed by atoms with E-state index in [0.29, 0.717) is 0 Å². The molecule has 0 aliphatic carbocycles. The van der Waals surface area contributed by atoms with E-state index in [1.165, 1.54) is 44.2 Å². The van der Waals surface area contributed by atoms with Crippen molar-refractivity contribution in [2.75, 3.05) is 24.6 Å². The molecule has 2 heteroatoms. The highest BCUT2D eigenvalue weighted by atomic mass is 31.2. The van der Waals surface area contributed by atoms with E-state index >= 15 is 0 Å². The van der Waals surface area contributed by atoms with E-state index in [0.717, 1.165) is 0 Å². The fraction of sp³-hybridized carbons (Fsp3) is 1.00. The van der Waals surface area contributed by atoms with Gasteiger partial charge in [-0.15, -0.1) is 0 Å². The summed E-state index contributed by atoms with van der Waals surface area (Å²) in [7, 11) is -0.479. The first kappa shape index (κ1) is 16.8. The van der Waals surface area contributed by atoms with Crippen molar-refractivity contribution in [3.63, 3.8) is 0 Å². The first-order chi connectivity index (χ1) is 6.24. The van der Waals surface area contributed by atoms with E-state index < -0.39 is 7.26 Å². The normalized spacial score (nSPS) is 11.1. The van der Waals surface area contributed by atoms with Gasteiger partial charge in [0.25, 0.3) is 0 Å². The third-order valence-corrected chi connectivity index (χ3v) is 8.79. The van der Waals surface area contributed by atoms with Crippen molar-refractivity contribution in [2.45, 2.75) is 53.4 Å². The van der Waals surface area contributed by atoms with Gasteiger partial charge in [0.2, 0.25) is 0 Å². The Bertz CT molecular complexity index is 103. The Morgan fingerprint density at radius 3 is 1.57 bits per heavy atom. The highest BCUT2D eigenvalue weighted by molar-refractivity contribution is 7.75. The van der Waals surface area contributed by atoms with Crippen molar-refractivity contribution in [3.05, 3.63) is 0 Å². The van der Waals surface area contributed by atoms with Crippen molar-refractivity contribution in [1.82, 2.24) is 0 Å². The van der Waals surface area contributed by atoms with Crippen LogP contribution in [0.25, 0.3) is 0 Å². The number of hydrogen-bond acceptors (Lipinski definition) is 1. The third kappa shape index (κ3) is 5.98. The van der Waals surface area contributed by atoms with Crippen LogP contribution in [0.2, 0.25) is 0 Å². The third-order valence-electron chi connectivity index (χ3n) is 3.50. The molecule has 0 heterocycles. The Morgan fingerprint density at radius 1 is 0.714 bits per heavy atom. The van der Waals surface area contributed by atoms with Gasteiger partial charge in [-0.25, -0.2) is 0 Å². The minimum atomic E-state index is -0.479. The summed E-state index contributed by atoms with van der Waals surface area (Å²) in [6, 6.07) is 0. The van der Waals surface area contributed by atoms with Crippen LogP contribution in [0.4, 0.5) is 0 Å². The minimum absolute atomic E-state index is 0. The Morgan fingerprint density at radius 2 is 1.21 bits per heavy atom. The Kier molecular flexibility index (Phi) is 11.9. The van der Waals surface area contributed by atoms with Crippen LogP contribution < -0.4 is 0 Å². The molecule has 0 fully saturated rings. The molecule has 14 heavy (non-hydrogen) atoms. The fourth-order valence-electron chi connectivity index (χ4n) is 2.02. The van der Waals surface area contributed by atoms with E-state index in [9.17, 15) is 0 Å². The van der Waals surface area contributed by atoms with Gasteiger partial charge in [-0.2, -0.15) is 0 Å². The van der Waals surface area contributed by atoms with Gasteiger partial charge in [0, 0.05) is 7.26 Å². The number of hydrogen-bond donors (Lipinski definition) is 0.